The van der Waals surface area contributed by atoms with E-state index in [0.717, 1.165) is 70.6 Å². The van der Waals surface area contributed by atoms with Gasteiger partial charge in [-0.1, -0.05) is 356 Å². The summed E-state index contributed by atoms with van der Waals surface area (Å²) in [6, 6.07) is -0.543. The molecule has 4 heteroatoms. The fraction of sp³-hybridized carbons (Fsp3) is 0.792. The zero-order chi connectivity index (χ0) is 54.8. The Labute approximate surface area is 475 Å². The maximum Gasteiger partial charge on any atom is 0.220 e. The normalized spacial score (nSPS) is 13.3. The van der Waals surface area contributed by atoms with Crippen LogP contribution in [0.15, 0.2) is 85.1 Å². The second-order valence-electron chi connectivity index (χ2n) is 22.9. The van der Waals surface area contributed by atoms with Crippen molar-refractivity contribution >= 4 is 5.91 Å². The molecular weight excluding hydrogens is 927 g/mol. The summed E-state index contributed by atoms with van der Waals surface area (Å²) in [5, 5.41) is 23.5. The molecule has 0 saturated heterocycles. The smallest absolute Gasteiger partial charge is 0.220 e. The third kappa shape index (κ3) is 62.4. The van der Waals surface area contributed by atoms with Gasteiger partial charge in [-0.3, -0.25) is 4.79 Å². The minimum atomic E-state index is -0.666. The second-order valence-corrected chi connectivity index (χ2v) is 22.9. The van der Waals surface area contributed by atoms with Crippen LogP contribution < -0.4 is 5.32 Å². The van der Waals surface area contributed by atoms with Crippen molar-refractivity contribution in [2.24, 2.45) is 0 Å². The van der Waals surface area contributed by atoms with Crippen LogP contribution in [0.25, 0.3) is 0 Å². The van der Waals surface area contributed by atoms with Crippen LogP contribution in [0.1, 0.15) is 348 Å². The molecule has 0 spiro atoms. The molecule has 76 heavy (non-hydrogen) atoms. The summed E-state index contributed by atoms with van der Waals surface area (Å²) < 4.78 is 0. The molecular formula is C72H131NO3. The van der Waals surface area contributed by atoms with E-state index in [-0.39, 0.29) is 12.5 Å². The lowest BCUT2D eigenvalue weighted by Gasteiger charge is -2.22. The summed E-state index contributed by atoms with van der Waals surface area (Å²) in [4.78, 5) is 12.6. The summed E-state index contributed by atoms with van der Waals surface area (Å²) in [6.45, 7) is 4.27. The molecule has 1 amide bonds. The highest BCUT2D eigenvalue weighted by Gasteiger charge is 2.20. The number of hydrogen-bond acceptors (Lipinski definition) is 3. The molecule has 0 heterocycles. The molecule has 0 bridgehead atoms. The van der Waals surface area contributed by atoms with Gasteiger partial charge >= 0.3 is 0 Å². The summed E-state index contributed by atoms with van der Waals surface area (Å²) in [6.07, 6.45) is 97.6. The van der Waals surface area contributed by atoms with Gasteiger partial charge in [-0.05, 0) is 70.6 Å². The zero-order valence-corrected chi connectivity index (χ0v) is 51.0. The van der Waals surface area contributed by atoms with E-state index in [2.05, 4.69) is 104 Å². The van der Waals surface area contributed by atoms with Crippen molar-refractivity contribution < 1.29 is 15.0 Å². The first-order chi connectivity index (χ1) is 37.7. The SMILES string of the molecule is CC/C=C\C/C=C\C/C=C\C/C=C\C/C=C\C/C=C\C/C=C\CCCCCCCCCCCCCCCC(=O)NC(CO)C(O)CCCCCCCCCCCCCCCCCCCCCCCCCCCCCCC. The highest BCUT2D eigenvalue weighted by Crippen LogP contribution is 2.18. The van der Waals surface area contributed by atoms with Crippen molar-refractivity contribution in [3.8, 4) is 0 Å². The number of carbonyl (C=O) groups is 1. The van der Waals surface area contributed by atoms with Crippen molar-refractivity contribution in [3.63, 3.8) is 0 Å². The predicted molar refractivity (Wildman–Crippen MR) is 340 cm³/mol. The molecule has 0 aliphatic heterocycles. The van der Waals surface area contributed by atoms with Crippen LogP contribution in [-0.2, 0) is 4.79 Å². The number of allylic oxidation sites excluding steroid dienone is 14. The average molecular weight is 1060 g/mol. The lowest BCUT2D eigenvalue weighted by atomic mass is 10.0. The Balaban J connectivity index is 3.46. The Morgan fingerprint density at radius 2 is 0.579 bits per heavy atom. The van der Waals surface area contributed by atoms with Crippen LogP contribution in [0.4, 0.5) is 0 Å². The van der Waals surface area contributed by atoms with E-state index in [1.165, 1.54) is 250 Å². The number of aliphatic hydroxyl groups excluding tert-OH is 2. The van der Waals surface area contributed by atoms with Gasteiger partial charge in [-0.15, -0.1) is 0 Å². The lowest BCUT2D eigenvalue weighted by Crippen LogP contribution is -2.45. The van der Waals surface area contributed by atoms with Gasteiger partial charge in [0.05, 0.1) is 18.8 Å². The van der Waals surface area contributed by atoms with Crippen LogP contribution in [-0.4, -0.2) is 34.9 Å². The summed E-state index contributed by atoms with van der Waals surface area (Å²) in [5.74, 6) is -0.0306. The van der Waals surface area contributed by atoms with Gasteiger partial charge in [-0.2, -0.15) is 0 Å². The molecule has 0 fully saturated rings. The predicted octanol–water partition coefficient (Wildman–Crippen LogP) is 23.0. The molecule has 0 aromatic carbocycles. The van der Waals surface area contributed by atoms with E-state index >= 15 is 0 Å². The number of carbonyl (C=O) groups excluding carboxylic acids is 1. The molecule has 0 aliphatic rings. The Kier molecular flexibility index (Phi) is 64.7. The standard InChI is InChI=1S/C72H131NO3/c1-3-5-7-9-11-13-15-17-19-21-23-25-27-29-31-33-34-35-36-37-38-40-42-44-46-48-50-52-54-56-58-60-62-64-66-68-72(76)73-70(69-74)71(75)67-65-63-61-59-57-55-53-51-49-47-45-43-41-39-32-30-28-26-24-22-20-18-16-14-12-10-8-6-4-2/h5,7,11,13,17,19,23,25,29,31,34-35,37-38,70-71,74-75H,3-4,6,8-10,12,14-16,18,20-22,24,26-28,30,32-33,36,39-69H2,1-2H3,(H,73,76)/b7-5-,13-11-,19-17-,25-23-,31-29-,35-34-,38-37-. The van der Waals surface area contributed by atoms with Crippen molar-refractivity contribution in [1.82, 2.24) is 5.32 Å². The molecule has 0 aromatic heterocycles. The molecule has 4 nitrogen and oxygen atoms in total. The molecule has 2 atom stereocenters. The molecule has 2 unspecified atom stereocenters. The van der Waals surface area contributed by atoms with E-state index in [0.29, 0.717) is 12.8 Å². The van der Waals surface area contributed by atoms with Gasteiger partial charge < -0.3 is 15.5 Å². The molecule has 0 radical (unpaired) electrons. The minimum Gasteiger partial charge on any atom is -0.394 e. The van der Waals surface area contributed by atoms with E-state index in [9.17, 15) is 15.0 Å². The van der Waals surface area contributed by atoms with Crippen LogP contribution >= 0.6 is 0 Å². The second kappa shape index (κ2) is 66.8. The molecule has 0 saturated carbocycles. The lowest BCUT2D eigenvalue weighted by molar-refractivity contribution is -0.123. The van der Waals surface area contributed by atoms with Crippen LogP contribution in [0.2, 0.25) is 0 Å². The molecule has 0 aromatic rings. The van der Waals surface area contributed by atoms with Crippen molar-refractivity contribution in [3.05, 3.63) is 85.1 Å². The zero-order valence-electron chi connectivity index (χ0n) is 51.0. The molecule has 0 aliphatic carbocycles. The third-order valence-electron chi connectivity index (χ3n) is 15.4. The van der Waals surface area contributed by atoms with Crippen LogP contribution in [0.5, 0.6) is 0 Å². The maximum atomic E-state index is 12.6. The number of aliphatic hydroxyl groups is 2. The van der Waals surface area contributed by atoms with Crippen molar-refractivity contribution in [2.75, 3.05) is 6.61 Å². The summed E-state index contributed by atoms with van der Waals surface area (Å²) in [5.41, 5.74) is 0. The number of hydrogen-bond donors (Lipinski definition) is 3. The first-order valence-electron chi connectivity index (χ1n) is 33.8. The van der Waals surface area contributed by atoms with Gasteiger partial charge in [0, 0.05) is 6.42 Å². The van der Waals surface area contributed by atoms with Crippen LogP contribution in [0, 0.1) is 0 Å². The first kappa shape index (κ1) is 73.6. The molecule has 442 valence electrons. The largest absolute Gasteiger partial charge is 0.394 e. The topological polar surface area (TPSA) is 69.6 Å². The highest BCUT2D eigenvalue weighted by molar-refractivity contribution is 5.76. The molecule has 3 N–H and O–H groups in total. The summed E-state index contributed by atoms with van der Waals surface area (Å²) >= 11 is 0. The highest BCUT2D eigenvalue weighted by atomic mass is 16.3. The quantitative estimate of drug-likeness (QED) is 0.0420. The fourth-order valence-corrected chi connectivity index (χ4v) is 10.3. The van der Waals surface area contributed by atoms with E-state index < -0.39 is 12.1 Å². The van der Waals surface area contributed by atoms with Crippen molar-refractivity contribution in [2.45, 2.75) is 360 Å². The number of rotatable bonds is 62. The molecule has 0 rings (SSSR count). The first-order valence-corrected chi connectivity index (χ1v) is 33.8. The Morgan fingerprint density at radius 3 is 0.868 bits per heavy atom. The van der Waals surface area contributed by atoms with Gasteiger partial charge in [0.1, 0.15) is 0 Å². The maximum absolute atomic E-state index is 12.6. The Hall–Kier alpha value is -2.43. The Bertz CT molecular complexity index is 1340. The average Bonchev–Trinajstić information content (AvgIpc) is 3.42. The van der Waals surface area contributed by atoms with Gasteiger partial charge in [0.15, 0.2) is 0 Å². The van der Waals surface area contributed by atoms with Gasteiger partial charge in [0.2, 0.25) is 5.91 Å². The third-order valence-corrected chi connectivity index (χ3v) is 15.4. The summed E-state index contributed by atoms with van der Waals surface area (Å²) in [7, 11) is 0. The number of amides is 1. The van der Waals surface area contributed by atoms with Gasteiger partial charge in [0.25, 0.3) is 0 Å². The van der Waals surface area contributed by atoms with Crippen LogP contribution in [0.3, 0.4) is 0 Å². The fourth-order valence-electron chi connectivity index (χ4n) is 10.3. The number of nitrogens with one attached hydrogen (secondary N) is 1. The monoisotopic (exact) mass is 1060 g/mol. The number of unbranched alkanes of at least 4 members (excludes halogenated alkanes) is 41. The Morgan fingerprint density at radius 1 is 0.329 bits per heavy atom. The van der Waals surface area contributed by atoms with E-state index in [4.69, 9.17) is 0 Å². The van der Waals surface area contributed by atoms with E-state index in [1.807, 2.05) is 0 Å². The van der Waals surface area contributed by atoms with E-state index in [1.54, 1.807) is 0 Å². The minimum absolute atomic E-state index is 0.0306. The van der Waals surface area contributed by atoms with Crippen molar-refractivity contribution in [1.29, 1.82) is 0 Å². The van der Waals surface area contributed by atoms with Gasteiger partial charge in [-0.25, -0.2) is 0 Å².